The molecular formula is C7H7FNNaO. The van der Waals surface area contributed by atoms with E-state index in [9.17, 15) is 9.18 Å². The maximum atomic E-state index is 12.5. The number of rotatable bonds is 1. The van der Waals surface area contributed by atoms with Crippen molar-refractivity contribution >= 4 is 35.5 Å². The van der Waals surface area contributed by atoms with Gasteiger partial charge in [0.05, 0.1) is 5.56 Å². The molecule has 1 amide bonds. The Morgan fingerprint density at radius 3 is 2.27 bits per heavy atom. The molecule has 0 aromatic heterocycles. The van der Waals surface area contributed by atoms with Gasteiger partial charge in [0.1, 0.15) is 5.82 Å². The summed E-state index contributed by atoms with van der Waals surface area (Å²) in [6, 6.07) is 5.60. The molecule has 2 N–H and O–H groups in total. The first-order valence-electron chi connectivity index (χ1n) is 2.76. The van der Waals surface area contributed by atoms with Gasteiger partial charge in [-0.15, -0.1) is 0 Å². The van der Waals surface area contributed by atoms with Crippen LogP contribution in [0.4, 0.5) is 4.39 Å². The van der Waals surface area contributed by atoms with Crippen molar-refractivity contribution in [3.8, 4) is 0 Å². The van der Waals surface area contributed by atoms with Crippen LogP contribution in [0.2, 0.25) is 0 Å². The molecule has 1 rings (SSSR count). The van der Waals surface area contributed by atoms with Gasteiger partial charge >= 0.3 is 29.6 Å². The van der Waals surface area contributed by atoms with Crippen molar-refractivity contribution in [1.82, 2.24) is 0 Å². The van der Waals surface area contributed by atoms with E-state index in [2.05, 4.69) is 0 Å². The summed E-state index contributed by atoms with van der Waals surface area (Å²) in [6.07, 6.45) is 0. The predicted octanol–water partition coefficient (Wildman–Crippen LogP) is 0.276. The molecule has 0 aliphatic rings. The Morgan fingerprint density at radius 2 is 1.91 bits per heavy atom. The molecule has 0 aliphatic carbocycles. The Bertz CT molecular complexity index is 264. The van der Waals surface area contributed by atoms with Gasteiger partial charge in [-0.1, -0.05) is 12.1 Å². The number of benzene rings is 1. The van der Waals surface area contributed by atoms with Gasteiger partial charge in [0.2, 0.25) is 0 Å². The van der Waals surface area contributed by atoms with Crippen molar-refractivity contribution < 1.29 is 9.18 Å². The zero-order chi connectivity index (χ0) is 7.56. The van der Waals surface area contributed by atoms with Crippen molar-refractivity contribution in [3.63, 3.8) is 0 Å². The van der Waals surface area contributed by atoms with Crippen LogP contribution in [0.1, 0.15) is 10.4 Å². The van der Waals surface area contributed by atoms with E-state index in [1.807, 2.05) is 0 Å². The molecule has 0 radical (unpaired) electrons. The quantitative estimate of drug-likeness (QED) is 0.593. The topological polar surface area (TPSA) is 43.1 Å². The second kappa shape index (κ2) is 4.49. The van der Waals surface area contributed by atoms with Crippen molar-refractivity contribution in [1.29, 1.82) is 0 Å². The number of nitrogens with two attached hydrogens (primary N) is 1. The molecule has 1 aromatic rings. The summed E-state index contributed by atoms with van der Waals surface area (Å²) < 4.78 is 12.5. The third kappa shape index (κ3) is 2.61. The van der Waals surface area contributed by atoms with Gasteiger partial charge < -0.3 is 5.73 Å². The van der Waals surface area contributed by atoms with Crippen molar-refractivity contribution in [2.75, 3.05) is 0 Å². The second-order valence-corrected chi connectivity index (χ2v) is 1.84. The first-order chi connectivity index (χ1) is 4.72. The molecule has 0 saturated heterocycles. The molecule has 4 heteroatoms. The van der Waals surface area contributed by atoms with Crippen LogP contribution in [-0.2, 0) is 0 Å². The average molecular weight is 163 g/mol. The summed E-state index contributed by atoms with van der Waals surface area (Å²) in [5.74, 6) is -1.31. The fourth-order valence-corrected chi connectivity index (χ4v) is 0.661. The molecular weight excluding hydrogens is 156 g/mol. The molecule has 0 heterocycles. The Kier molecular flexibility index (Phi) is 4.33. The van der Waals surface area contributed by atoms with Gasteiger partial charge in [0.25, 0.3) is 5.91 Å². The first-order valence-corrected chi connectivity index (χ1v) is 2.76. The Labute approximate surface area is 85.9 Å². The predicted molar refractivity (Wildman–Crippen MR) is 42.1 cm³/mol. The fourth-order valence-electron chi connectivity index (χ4n) is 0.661. The van der Waals surface area contributed by atoms with Gasteiger partial charge in [-0.25, -0.2) is 4.39 Å². The van der Waals surface area contributed by atoms with E-state index in [4.69, 9.17) is 5.73 Å². The van der Waals surface area contributed by atoms with Crippen molar-refractivity contribution in [2.45, 2.75) is 0 Å². The molecule has 11 heavy (non-hydrogen) atoms. The van der Waals surface area contributed by atoms with E-state index in [1.165, 1.54) is 18.2 Å². The monoisotopic (exact) mass is 163 g/mol. The summed E-state index contributed by atoms with van der Waals surface area (Å²) >= 11 is 0. The van der Waals surface area contributed by atoms with E-state index in [0.29, 0.717) is 0 Å². The molecule has 0 fully saturated rings. The summed E-state index contributed by atoms with van der Waals surface area (Å²) in [7, 11) is 0. The maximum absolute atomic E-state index is 12.5. The summed E-state index contributed by atoms with van der Waals surface area (Å²) in [6.45, 7) is 0. The van der Waals surface area contributed by atoms with Gasteiger partial charge in [-0.05, 0) is 12.1 Å². The third-order valence-corrected chi connectivity index (χ3v) is 1.14. The number of halogens is 1. The molecule has 2 nitrogen and oxygen atoms in total. The molecule has 0 aliphatic heterocycles. The van der Waals surface area contributed by atoms with Crippen LogP contribution in [-0.4, -0.2) is 35.5 Å². The third-order valence-electron chi connectivity index (χ3n) is 1.14. The Balaban J connectivity index is 0.000001000. The van der Waals surface area contributed by atoms with Crippen LogP contribution >= 0.6 is 0 Å². The minimum atomic E-state index is -0.738. The average Bonchev–Trinajstić information content (AvgIpc) is 1.88. The molecule has 54 valence electrons. The molecule has 0 saturated carbocycles. The van der Waals surface area contributed by atoms with Gasteiger partial charge in [0, 0.05) is 0 Å². The molecule has 1 aromatic carbocycles. The Morgan fingerprint density at radius 1 is 1.36 bits per heavy atom. The molecule has 0 unspecified atom stereocenters. The van der Waals surface area contributed by atoms with Crippen LogP contribution in [0, 0.1) is 5.82 Å². The number of hydrogen-bond donors (Lipinski definition) is 1. The van der Waals surface area contributed by atoms with Crippen LogP contribution < -0.4 is 5.73 Å². The minimum absolute atomic E-state index is 0. The Hall–Kier alpha value is -0.380. The van der Waals surface area contributed by atoms with Crippen molar-refractivity contribution in [2.24, 2.45) is 5.73 Å². The molecule has 0 spiro atoms. The summed E-state index contributed by atoms with van der Waals surface area (Å²) in [4.78, 5) is 10.4. The van der Waals surface area contributed by atoms with E-state index in [0.717, 1.165) is 0 Å². The normalized spacial score (nSPS) is 8.45. The number of primary amides is 1. The first kappa shape index (κ1) is 10.6. The number of hydrogen-bond acceptors (Lipinski definition) is 1. The van der Waals surface area contributed by atoms with Crippen LogP contribution in [0.5, 0.6) is 0 Å². The summed E-state index contributed by atoms with van der Waals surface area (Å²) in [5, 5.41) is 0. The fraction of sp³-hybridized carbons (Fsp3) is 0. The number of amides is 1. The van der Waals surface area contributed by atoms with Crippen LogP contribution in [0.25, 0.3) is 0 Å². The standard InChI is InChI=1S/C7H6FNO.Na.H/c8-6-4-2-1-3-5(6)7(9)10;;/h1-4H,(H2,9,10);;. The van der Waals surface area contributed by atoms with E-state index in [-0.39, 0.29) is 35.1 Å². The SMILES string of the molecule is NC(=O)c1ccccc1F.[NaH]. The van der Waals surface area contributed by atoms with Crippen molar-refractivity contribution in [3.05, 3.63) is 35.6 Å². The number of carbonyl (C=O) groups excluding carboxylic acids is 1. The van der Waals surface area contributed by atoms with Gasteiger partial charge in [-0.3, -0.25) is 4.79 Å². The van der Waals surface area contributed by atoms with Gasteiger partial charge in [0.15, 0.2) is 0 Å². The van der Waals surface area contributed by atoms with E-state index in [1.54, 1.807) is 6.07 Å². The number of carbonyl (C=O) groups is 1. The summed E-state index contributed by atoms with van der Waals surface area (Å²) in [5.41, 5.74) is 4.77. The molecule has 0 bridgehead atoms. The molecule has 0 atom stereocenters. The van der Waals surface area contributed by atoms with E-state index < -0.39 is 11.7 Å². The van der Waals surface area contributed by atoms with E-state index >= 15 is 0 Å². The zero-order valence-corrected chi connectivity index (χ0v) is 5.17. The zero-order valence-electron chi connectivity index (χ0n) is 5.17. The second-order valence-electron chi connectivity index (χ2n) is 1.84. The van der Waals surface area contributed by atoms with Crippen LogP contribution in [0.3, 0.4) is 0 Å². The van der Waals surface area contributed by atoms with Crippen LogP contribution in [0.15, 0.2) is 24.3 Å². The van der Waals surface area contributed by atoms with Gasteiger partial charge in [-0.2, -0.15) is 0 Å².